The van der Waals surface area contributed by atoms with Crippen molar-refractivity contribution in [3.63, 3.8) is 0 Å². The molecule has 0 aliphatic carbocycles. The van der Waals surface area contributed by atoms with E-state index in [0.717, 1.165) is 17.8 Å². The van der Waals surface area contributed by atoms with Gasteiger partial charge in [0.2, 0.25) is 0 Å². The van der Waals surface area contributed by atoms with E-state index in [-0.39, 0.29) is 5.75 Å². The Hall–Kier alpha value is -1.62. The zero-order chi connectivity index (χ0) is 12.0. The Bertz CT molecular complexity index is 404. The van der Waals surface area contributed by atoms with E-state index in [1.807, 2.05) is 19.9 Å². The first-order chi connectivity index (χ1) is 7.63. The van der Waals surface area contributed by atoms with Crippen LogP contribution in [0.4, 0.5) is 0 Å². The fourth-order valence-electron chi connectivity index (χ4n) is 1.13. The molecule has 0 spiro atoms. The Kier molecular flexibility index (Phi) is 4.72. The summed E-state index contributed by atoms with van der Waals surface area (Å²) in [7, 11) is 0. The molecule has 0 unspecified atom stereocenters. The summed E-state index contributed by atoms with van der Waals surface area (Å²) in [5.41, 5.74) is 4.34. The summed E-state index contributed by atoms with van der Waals surface area (Å²) in [6, 6.07) is 6.91. The quantitative estimate of drug-likeness (QED) is 0.424. The van der Waals surface area contributed by atoms with Crippen LogP contribution < -0.4 is 10.7 Å². The third kappa shape index (κ3) is 3.86. The van der Waals surface area contributed by atoms with E-state index in [2.05, 4.69) is 15.8 Å². The molecule has 0 aliphatic heterocycles. The molecule has 1 aromatic rings. The minimum Gasteiger partial charge on any atom is -0.508 e. The van der Waals surface area contributed by atoms with Gasteiger partial charge in [0.15, 0.2) is 5.11 Å². The summed E-state index contributed by atoms with van der Waals surface area (Å²) in [6.07, 6.45) is 0. The van der Waals surface area contributed by atoms with Crippen molar-refractivity contribution in [3.8, 4) is 5.75 Å². The molecule has 3 N–H and O–H groups in total. The SMILES string of the molecule is CCNC(=S)N/N=C(\C)c1cccc(O)c1. The van der Waals surface area contributed by atoms with Crippen LogP contribution in [0.15, 0.2) is 29.4 Å². The molecule has 1 rings (SSSR count). The third-order valence-electron chi connectivity index (χ3n) is 1.93. The van der Waals surface area contributed by atoms with Gasteiger partial charge in [-0.1, -0.05) is 12.1 Å². The molecule has 0 saturated carbocycles. The molecule has 0 amide bonds. The van der Waals surface area contributed by atoms with Gasteiger partial charge in [0.1, 0.15) is 5.75 Å². The molecule has 0 fully saturated rings. The van der Waals surface area contributed by atoms with Crippen LogP contribution in [0, 0.1) is 0 Å². The average molecular weight is 237 g/mol. The van der Waals surface area contributed by atoms with Gasteiger partial charge in [0.25, 0.3) is 0 Å². The summed E-state index contributed by atoms with van der Waals surface area (Å²) >= 11 is 4.97. The first kappa shape index (κ1) is 12.4. The summed E-state index contributed by atoms with van der Waals surface area (Å²) < 4.78 is 0. The number of rotatable bonds is 3. The van der Waals surface area contributed by atoms with Crippen LogP contribution in [0.1, 0.15) is 19.4 Å². The van der Waals surface area contributed by atoms with E-state index in [0.29, 0.717) is 5.11 Å². The summed E-state index contributed by atoms with van der Waals surface area (Å²) in [4.78, 5) is 0. The lowest BCUT2D eigenvalue weighted by Crippen LogP contribution is -2.32. The Morgan fingerprint density at radius 3 is 2.88 bits per heavy atom. The maximum Gasteiger partial charge on any atom is 0.186 e. The van der Waals surface area contributed by atoms with E-state index in [9.17, 15) is 5.11 Å². The van der Waals surface area contributed by atoms with Crippen molar-refractivity contribution in [2.45, 2.75) is 13.8 Å². The largest absolute Gasteiger partial charge is 0.508 e. The molecular formula is C11H15N3OS. The summed E-state index contributed by atoms with van der Waals surface area (Å²) in [6.45, 7) is 4.56. The van der Waals surface area contributed by atoms with Crippen LogP contribution in [0.2, 0.25) is 0 Å². The molecule has 1 aromatic carbocycles. The van der Waals surface area contributed by atoms with E-state index in [1.54, 1.807) is 18.2 Å². The molecule has 0 radical (unpaired) electrons. The fourth-order valence-corrected chi connectivity index (χ4v) is 1.32. The second-order valence-electron chi connectivity index (χ2n) is 3.22. The van der Waals surface area contributed by atoms with Crippen molar-refractivity contribution in [2.24, 2.45) is 5.10 Å². The van der Waals surface area contributed by atoms with Gasteiger partial charge in [0.05, 0.1) is 5.71 Å². The zero-order valence-electron chi connectivity index (χ0n) is 9.32. The molecule has 0 bridgehead atoms. The normalized spacial score (nSPS) is 11.0. The lowest BCUT2D eigenvalue weighted by Gasteiger charge is -2.05. The van der Waals surface area contributed by atoms with Crippen molar-refractivity contribution < 1.29 is 5.11 Å². The van der Waals surface area contributed by atoms with Crippen molar-refractivity contribution in [2.75, 3.05) is 6.54 Å². The Morgan fingerprint density at radius 2 is 2.25 bits per heavy atom. The van der Waals surface area contributed by atoms with E-state index >= 15 is 0 Å². The van der Waals surface area contributed by atoms with Gasteiger partial charge in [0, 0.05) is 12.1 Å². The van der Waals surface area contributed by atoms with Gasteiger partial charge in [-0.3, -0.25) is 5.43 Å². The third-order valence-corrected chi connectivity index (χ3v) is 2.16. The van der Waals surface area contributed by atoms with Gasteiger partial charge in [-0.25, -0.2) is 0 Å². The minimum atomic E-state index is 0.223. The first-order valence-corrected chi connectivity index (χ1v) is 5.42. The second kappa shape index (κ2) is 6.07. The molecule has 16 heavy (non-hydrogen) atoms. The minimum absolute atomic E-state index is 0.223. The van der Waals surface area contributed by atoms with E-state index in [1.165, 1.54) is 0 Å². The van der Waals surface area contributed by atoms with Crippen LogP contribution in [-0.2, 0) is 0 Å². The van der Waals surface area contributed by atoms with Gasteiger partial charge < -0.3 is 10.4 Å². The summed E-state index contributed by atoms with van der Waals surface area (Å²) in [5, 5.41) is 16.8. The molecule has 0 saturated heterocycles. The van der Waals surface area contributed by atoms with E-state index in [4.69, 9.17) is 12.2 Å². The van der Waals surface area contributed by atoms with E-state index < -0.39 is 0 Å². The molecule has 86 valence electrons. The van der Waals surface area contributed by atoms with Gasteiger partial charge in [-0.2, -0.15) is 5.10 Å². The highest BCUT2D eigenvalue weighted by molar-refractivity contribution is 7.80. The van der Waals surface area contributed by atoms with Crippen LogP contribution in [-0.4, -0.2) is 22.5 Å². The number of thiocarbonyl (C=S) groups is 1. The van der Waals surface area contributed by atoms with Crippen LogP contribution in [0.3, 0.4) is 0 Å². The topological polar surface area (TPSA) is 56.7 Å². The zero-order valence-corrected chi connectivity index (χ0v) is 10.1. The highest BCUT2D eigenvalue weighted by atomic mass is 32.1. The smallest absolute Gasteiger partial charge is 0.186 e. The predicted molar refractivity (Wildman–Crippen MR) is 69.7 cm³/mol. The number of hydrogen-bond acceptors (Lipinski definition) is 3. The van der Waals surface area contributed by atoms with Crippen molar-refractivity contribution in [1.82, 2.24) is 10.7 Å². The molecule has 0 atom stereocenters. The maximum absolute atomic E-state index is 9.31. The number of hydrogen-bond donors (Lipinski definition) is 3. The van der Waals surface area contributed by atoms with Crippen LogP contribution >= 0.6 is 12.2 Å². The predicted octanol–water partition coefficient (Wildman–Crippen LogP) is 1.60. The molecular weight excluding hydrogens is 222 g/mol. The lowest BCUT2D eigenvalue weighted by molar-refractivity contribution is 0.475. The maximum atomic E-state index is 9.31. The highest BCUT2D eigenvalue weighted by Crippen LogP contribution is 2.11. The van der Waals surface area contributed by atoms with Crippen molar-refractivity contribution in [1.29, 1.82) is 0 Å². The van der Waals surface area contributed by atoms with Gasteiger partial charge >= 0.3 is 0 Å². The molecule has 4 nitrogen and oxygen atoms in total. The van der Waals surface area contributed by atoms with Gasteiger partial charge in [-0.15, -0.1) is 0 Å². The highest BCUT2D eigenvalue weighted by Gasteiger charge is 1.98. The number of nitrogens with zero attached hydrogens (tertiary/aromatic N) is 1. The molecule has 0 heterocycles. The Morgan fingerprint density at radius 1 is 1.50 bits per heavy atom. The molecule has 0 aromatic heterocycles. The number of nitrogens with one attached hydrogen (secondary N) is 2. The van der Waals surface area contributed by atoms with Crippen molar-refractivity contribution in [3.05, 3.63) is 29.8 Å². The molecule has 5 heteroatoms. The number of phenolic OH excluding ortho intramolecular Hbond substituents is 1. The second-order valence-corrected chi connectivity index (χ2v) is 3.63. The number of aromatic hydroxyl groups is 1. The number of benzene rings is 1. The van der Waals surface area contributed by atoms with Crippen LogP contribution in [0.25, 0.3) is 0 Å². The monoisotopic (exact) mass is 237 g/mol. The number of phenols is 1. The lowest BCUT2D eigenvalue weighted by atomic mass is 10.1. The fraction of sp³-hybridized carbons (Fsp3) is 0.273. The van der Waals surface area contributed by atoms with Gasteiger partial charge in [-0.05, 0) is 38.2 Å². The first-order valence-electron chi connectivity index (χ1n) is 5.01. The Balaban J connectivity index is 2.67. The van der Waals surface area contributed by atoms with Crippen LogP contribution in [0.5, 0.6) is 5.75 Å². The molecule has 0 aliphatic rings. The Labute approximate surface area is 100 Å². The van der Waals surface area contributed by atoms with Crippen molar-refractivity contribution >= 4 is 23.0 Å². The average Bonchev–Trinajstić information content (AvgIpc) is 2.26. The summed E-state index contributed by atoms with van der Waals surface area (Å²) in [5.74, 6) is 0.223. The standard InChI is InChI=1S/C11H15N3OS/c1-3-12-11(16)14-13-8(2)9-5-4-6-10(15)7-9/h4-7,15H,3H2,1-2H3,(H2,12,14,16)/b13-8+. The number of hydrazone groups is 1.